The van der Waals surface area contributed by atoms with Crippen molar-refractivity contribution >= 4 is 50.7 Å². The van der Waals surface area contributed by atoms with Gasteiger partial charge in [0.1, 0.15) is 11.5 Å². The summed E-state index contributed by atoms with van der Waals surface area (Å²) in [4.78, 5) is 9.28. The van der Waals surface area contributed by atoms with Gasteiger partial charge in [0, 0.05) is 54.5 Å². The van der Waals surface area contributed by atoms with E-state index in [-0.39, 0.29) is 37.7 Å². The molecule has 0 radical (unpaired) electrons. The van der Waals surface area contributed by atoms with Gasteiger partial charge in [-0.25, -0.2) is 13.8 Å². The van der Waals surface area contributed by atoms with Crippen molar-refractivity contribution in [2.75, 3.05) is 0 Å². The molecule has 56 heavy (non-hydrogen) atoms. The Hall–Kier alpha value is -5.09. The minimum atomic E-state index is -3.62. The Labute approximate surface area is 355 Å². The van der Waals surface area contributed by atoms with Crippen molar-refractivity contribution in [3.63, 3.8) is 0 Å². The van der Waals surface area contributed by atoms with Gasteiger partial charge >= 0.3 is 27.1 Å². The molecule has 0 saturated carbocycles. The normalized spacial score (nSPS) is 16.5. The van der Waals surface area contributed by atoms with Crippen LogP contribution in [0.3, 0.4) is 0 Å². The van der Waals surface area contributed by atoms with Gasteiger partial charge in [0.2, 0.25) is 5.69 Å². The molecule has 4 aromatic carbocycles. The van der Waals surface area contributed by atoms with Crippen LogP contribution >= 0.6 is 0 Å². The fraction of sp³-hybridized carbons (Fsp3) is 0.271. The van der Waals surface area contributed by atoms with Gasteiger partial charge in [-0.1, -0.05) is 125 Å². The van der Waals surface area contributed by atoms with E-state index in [4.69, 9.17) is 12.3 Å². The summed E-state index contributed by atoms with van der Waals surface area (Å²) in [7, 11) is 0. The number of halogens is 2. The Bertz CT molecular complexity index is 3020. The largest absolute Gasteiger partial charge is 2.00 e. The Morgan fingerprint density at radius 2 is 1.36 bits per heavy atom. The standard InChI is InChI=1S/C48H45F2N5.Pt/c1-45(2,3)31-16-19-36(20-17-31)53-30-54(40-14-11-10-13-39(40)53)37-26-34(47(7,8)9)25-35(27-37)48(49,50)33-18-21-38-42(28-33)55(41-15-12-23-52-44(38)41)43-29-32(22-24-51-43)46(4,5)6;/h10-26,29H,1-9H3;/q;+2/i1D3,2D3,3D3;. The molecule has 0 N–H and O–H groups in total. The first-order valence-corrected chi connectivity index (χ1v) is 18.0. The van der Waals surface area contributed by atoms with Gasteiger partial charge in [0.15, 0.2) is 0 Å². The smallest absolute Gasteiger partial charge is 0.318 e. The molecule has 1 aliphatic heterocycles. The van der Waals surface area contributed by atoms with Crippen LogP contribution in [0.4, 0.5) is 31.5 Å². The molecule has 0 unspecified atom stereocenters. The fourth-order valence-electron chi connectivity index (χ4n) is 6.90. The van der Waals surface area contributed by atoms with Crippen LogP contribution in [-0.4, -0.2) is 20.5 Å². The molecule has 3 aromatic heterocycles. The molecule has 1 aliphatic rings. The molecule has 7 aromatic rings. The first-order valence-electron chi connectivity index (χ1n) is 22.5. The summed E-state index contributed by atoms with van der Waals surface area (Å²) in [5, 5.41) is 0.637. The third kappa shape index (κ3) is 6.86. The van der Waals surface area contributed by atoms with Crippen LogP contribution in [-0.2, 0) is 43.2 Å². The number of hydrogen-bond acceptors (Lipinski definition) is 2. The van der Waals surface area contributed by atoms with Crippen LogP contribution in [0, 0.1) is 12.1 Å². The molecule has 0 amide bonds. The summed E-state index contributed by atoms with van der Waals surface area (Å²) in [6.45, 7) is 1.76. The fourth-order valence-corrected chi connectivity index (χ4v) is 6.90. The van der Waals surface area contributed by atoms with Crippen molar-refractivity contribution < 1.29 is 42.2 Å². The molecular formula is C48H45F2N5Pt+2. The van der Waals surface area contributed by atoms with E-state index in [9.17, 15) is 0 Å². The SMILES string of the molecule is [2H]C([2H])([2H])C(c1ccc([N+]2=C=[N+](c3[c-]c(C(F)(F)c4[c-]c5c(cc4)c4ncccc4n5-c4cc(C(C)(C)C)ccn4)cc(C(C)(C)C)c3)c3ccccc32)cc1)(C([2H])([2H])[2H])C([2H])([2H])[2H].[Pt+2]. The summed E-state index contributed by atoms with van der Waals surface area (Å²) >= 11 is 0. The first-order chi connectivity index (χ1) is 29.7. The molecule has 0 atom stereocenters. The second kappa shape index (κ2) is 13.8. The Kier molecular flexibility index (Phi) is 7.21. The van der Waals surface area contributed by atoms with Crippen LogP contribution in [0.15, 0.2) is 109 Å². The van der Waals surface area contributed by atoms with Crippen molar-refractivity contribution in [2.24, 2.45) is 0 Å². The van der Waals surface area contributed by atoms with Crippen molar-refractivity contribution in [3.8, 4) is 5.82 Å². The summed E-state index contributed by atoms with van der Waals surface area (Å²) in [5.41, 5.74) is -0.102. The number of alkyl halides is 2. The van der Waals surface area contributed by atoms with Crippen LogP contribution in [0.25, 0.3) is 27.8 Å². The second-order valence-electron chi connectivity index (χ2n) is 16.0. The van der Waals surface area contributed by atoms with Crippen molar-refractivity contribution in [3.05, 3.63) is 149 Å². The van der Waals surface area contributed by atoms with Gasteiger partial charge in [-0.15, -0.1) is 11.6 Å². The number of para-hydroxylation sites is 2. The maximum Gasteiger partial charge on any atom is 2.00 e. The van der Waals surface area contributed by atoms with E-state index in [1.807, 2.05) is 43.5 Å². The summed E-state index contributed by atoms with van der Waals surface area (Å²) in [6.07, 6.45) is 3.37. The molecule has 8 heteroatoms. The predicted molar refractivity (Wildman–Crippen MR) is 220 cm³/mol. The van der Waals surface area contributed by atoms with Gasteiger partial charge < -0.3 is 4.57 Å². The quantitative estimate of drug-likeness (QED) is 0.127. The molecule has 0 saturated heterocycles. The van der Waals surface area contributed by atoms with Crippen molar-refractivity contribution in [2.45, 2.75) is 84.3 Å². The molecule has 0 spiro atoms. The van der Waals surface area contributed by atoms with Crippen molar-refractivity contribution in [1.29, 1.82) is 0 Å². The van der Waals surface area contributed by atoms with Gasteiger partial charge in [-0.3, -0.25) is 4.98 Å². The molecule has 8 rings (SSSR count). The first kappa shape index (κ1) is 29.2. The van der Waals surface area contributed by atoms with Gasteiger partial charge in [-0.2, -0.15) is 18.2 Å². The zero-order valence-corrected chi connectivity index (χ0v) is 34.0. The van der Waals surface area contributed by atoms with Gasteiger partial charge in [0.05, 0.1) is 5.52 Å². The average molecular weight is 934 g/mol. The number of hydrogen-bond donors (Lipinski definition) is 0. The number of fused-ring (bicyclic) bond motifs is 4. The molecule has 0 bridgehead atoms. The van der Waals surface area contributed by atoms with Crippen LogP contribution in [0.1, 0.15) is 102 Å². The van der Waals surface area contributed by atoms with Gasteiger partial charge in [-0.05, 0) is 56.2 Å². The monoisotopic (exact) mass is 933 g/mol. The van der Waals surface area contributed by atoms with Crippen molar-refractivity contribution in [1.82, 2.24) is 23.7 Å². The molecule has 4 heterocycles. The number of nitrogens with zero attached hydrogens (tertiary/aromatic N) is 5. The molecule has 5 nitrogen and oxygen atoms in total. The van der Waals surface area contributed by atoms with Gasteiger partial charge in [0.25, 0.3) is 17.3 Å². The van der Waals surface area contributed by atoms with E-state index in [1.54, 1.807) is 64.0 Å². The van der Waals surface area contributed by atoms with E-state index >= 15 is 8.78 Å². The average Bonchev–Trinajstić information content (AvgIpc) is 3.75. The summed E-state index contributed by atoms with van der Waals surface area (Å²) in [6, 6.07) is 35.5. The van der Waals surface area contributed by atoms with E-state index in [1.165, 1.54) is 36.4 Å². The zero-order chi connectivity index (χ0) is 46.6. The number of pyridine rings is 2. The number of benzene rings is 4. The molecule has 284 valence electrons. The van der Waals surface area contributed by atoms with E-state index < -0.39 is 48.4 Å². The maximum atomic E-state index is 17.4. The Morgan fingerprint density at radius 1 is 0.661 bits per heavy atom. The van der Waals surface area contributed by atoms with E-state index in [2.05, 4.69) is 48.9 Å². The predicted octanol–water partition coefficient (Wildman–Crippen LogP) is 12.1. The maximum absolute atomic E-state index is 17.4. The molecular weight excluding hydrogens is 880 g/mol. The second-order valence-corrected chi connectivity index (χ2v) is 16.0. The number of rotatable bonds is 5. The minimum Gasteiger partial charge on any atom is -0.318 e. The third-order valence-corrected chi connectivity index (χ3v) is 10.0. The summed E-state index contributed by atoms with van der Waals surface area (Å²) in [5.74, 6) is -3.07. The van der Waals surface area contributed by atoms with Crippen LogP contribution < -0.4 is 9.15 Å². The van der Waals surface area contributed by atoms with E-state index in [0.29, 0.717) is 50.4 Å². The van der Waals surface area contributed by atoms with Crippen LogP contribution in [0.5, 0.6) is 0 Å². The molecule has 0 aliphatic carbocycles. The topological polar surface area (TPSA) is 36.7 Å². The van der Waals surface area contributed by atoms with Crippen LogP contribution in [0.2, 0.25) is 0 Å². The third-order valence-electron chi connectivity index (χ3n) is 10.0. The molecule has 0 fully saturated rings. The zero-order valence-electron chi connectivity index (χ0n) is 40.7. The van der Waals surface area contributed by atoms with E-state index in [0.717, 1.165) is 5.56 Å². The number of aromatic nitrogens is 3. The Morgan fingerprint density at radius 3 is 2.04 bits per heavy atom. The Balaban J connectivity index is 0.00000630. The summed E-state index contributed by atoms with van der Waals surface area (Å²) < 4.78 is 113. The minimum absolute atomic E-state index is 0.